The Labute approximate surface area is 145 Å². The molecular formula is C16H27IN4. The first-order chi connectivity index (χ1) is 9.79. The molecule has 2 rings (SSSR count). The number of rotatable bonds is 4. The number of guanidine groups is 1. The molecule has 1 saturated heterocycles. The first kappa shape index (κ1) is 18.2. The minimum atomic E-state index is 0. The Hall–Kier alpha value is -0.820. The SMILES string of the molecule is CN=C(N)NCc1ccccc1CN1CCCCCC1.I. The van der Waals surface area contributed by atoms with Gasteiger partial charge in [-0.05, 0) is 37.1 Å². The van der Waals surface area contributed by atoms with E-state index in [0.717, 1.165) is 13.1 Å². The fourth-order valence-corrected chi connectivity index (χ4v) is 2.68. The maximum absolute atomic E-state index is 5.70. The largest absolute Gasteiger partial charge is 0.370 e. The Morgan fingerprint density at radius 3 is 2.38 bits per heavy atom. The van der Waals surface area contributed by atoms with Crippen molar-refractivity contribution in [2.45, 2.75) is 38.8 Å². The van der Waals surface area contributed by atoms with E-state index >= 15 is 0 Å². The smallest absolute Gasteiger partial charge is 0.188 e. The van der Waals surface area contributed by atoms with E-state index in [9.17, 15) is 0 Å². The topological polar surface area (TPSA) is 53.6 Å². The maximum Gasteiger partial charge on any atom is 0.188 e. The highest BCUT2D eigenvalue weighted by Crippen LogP contribution is 2.16. The van der Waals surface area contributed by atoms with Crippen molar-refractivity contribution >= 4 is 29.9 Å². The van der Waals surface area contributed by atoms with Crippen LogP contribution in [0.5, 0.6) is 0 Å². The highest BCUT2D eigenvalue weighted by atomic mass is 127. The van der Waals surface area contributed by atoms with Crippen molar-refractivity contribution in [2.24, 2.45) is 10.7 Å². The third-order valence-corrected chi connectivity index (χ3v) is 3.91. The first-order valence-electron chi connectivity index (χ1n) is 7.55. The fourth-order valence-electron chi connectivity index (χ4n) is 2.68. The third-order valence-electron chi connectivity index (χ3n) is 3.91. The third kappa shape index (κ3) is 6.22. The Morgan fingerprint density at radius 2 is 1.76 bits per heavy atom. The molecule has 1 aromatic rings. The molecule has 0 unspecified atom stereocenters. The van der Waals surface area contributed by atoms with Crippen LogP contribution >= 0.6 is 24.0 Å². The average molecular weight is 402 g/mol. The van der Waals surface area contributed by atoms with Gasteiger partial charge in [-0.2, -0.15) is 0 Å². The van der Waals surface area contributed by atoms with Gasteiger partial charge in [-0.1, -0.05) is 37.1 Å². The molecule has 0 atom stereocenters. The molecule has 0 aliphatic carbocycles. The summed E-state index contributed by atoms with van der Waals surface area (Å²) in [5.41, 5.74) is 8.41. The molecule has 1 heterocycles. The second-order valence-corrected chi connectivity index (χ2v) is 5.42. The molecule has 0 radical (unpaired) electrons. The molecule has 4 nitrogen and oxygen atoms in total. The second kappa shape index (κ2) is 10.00. The number of aliphatic imine (C=N–C) groups is 1. The van der Waals surface area contributed by atoms with Crippen LogP contribution in [0.25, 0.3) is 0 Å². The highest BCUT2D eigenvalue weighted by molar-refractivity contribution is 14.0. The number of benzene rings is 1. The van der Waals surface area contributed by atoms with E-state index in [4.69, 9.17) is 5.73 Å². The standard InChI is InChI=1S/C16H26N4.HI/c1-18-16(17)19-12-14-8-4-5-9-15(14)13-20-10-6-2-3-7-11-20;/h4-5,8-9H,2-3,6-7,10-13H2,1H3,(H3,17,18,19);1H. The van der Waals surface area contributed by atoms with Crippen LogP contribution in [0, 0.1) is 0 Å². The molecule has 0 aromatic heterocycles. The number of nitrogens with zero attached hydrogens (tertiary/aromatic N) is 2. The predicted molar refractivity (Wildman–Crippen MR) is 100.0 cm³/mol. The lowest BCUT2D eigenvalue weighted by atomic mass is 10.1. The van der Waals surface area contributed by atoms with Gasteiger partial charge in [-0.25, -0.2) is 0 Å². The van der Waals surface area contributed by atoms with Crippen molar-refractivity contribution in [1.82, 2.24) is 10.2 Å². The molecule has 3 N–H and O–H groups in total. The molecule has 21 heavy (non-hydrogen) atoms. The normalized spacial score (nSPS) is 16.9. The molecule has 1 aromatic carbocycles. The van der Waals surface area contributed by atoms with Gasteiger partial charge in [0.05, 0.1) is 0 Å². The van der Waals surface area contributed by atoms with Crippen LogP contribution in [0.4, 0.5) is 0 Å². The monoisotopic (exact) mass is 402 g/mol. The van der Waals surface area contributed by atoms with Gasteiger partial charge in [0.15, 0.2) is 5.96 Å². The van der Waals surface area contributed by atoms with E-state index in [1.165, 1.54) is 49.9 Å². The number of hydrogen-bond donors (Lipinski definition) is 2. The number of nitrogens with two attached hydrogens (primary N) is 1. The zero-order valence-corrected chi connectivity index (χ0v) is 15.2. The van der Waals surface area contributed by atoms with Crippen LogP contribution in [-0.4, -0.2) is 31.0 Å². The molecule has 0 bridgehead atoms. The van der Waals surface area contributed by atoms with Gasteiger partial charge in [0, 0.05) is 20.1 Å². The minimum absolute atomic E-state index is 0. The van der Waals surface area contributed by atoms with E-state index < -0.39 is 0 Å². The van der Waals surface area contributed by atoms with Crippen molar-refractivity contribution in [3.63, 3.8) is 0 Å². The summed E-state index contributed by atoms with van der Waals surface area (Å²) in [4.78, 5) is 6.51. The van der Waals surface area contributed by atoms with Gasteiger partial charge < -0.3 is 11.1 Å². The van der Waals surface area contributed by atoms with Gasteiger partial charge in [-0.15, -0.1) is 24.0 Å². The minimum Gasteiger partial charge on any atom is -0.370 e. The summed E-state index contributed by atoms with van der Waals surface area (Å²) in [5.74, 6) is 0.495. The van der Waals surface area contributed by atoms with Crippen molar-refractivity contribution in [3.8, 4) is 0 Å². The molecule has 118 valence electrons. The molecule has 1 fully saturated rings. The maximum atomic E-state index is 5.70. The van der Waals surface area contributed by atoms with Crippen LogP contribution in [0.3, 0.4) is 0 Å². The van der Waals surface area contributed by atoms with E-state index in [1.54, 1.807) is 7.05 Å². The molecule has 0 saturated carbocycles. The number of nitrogens with one attached hydrogen (secondary N) is 1. The van der Waals surface area contributed by atoms with Crippen molar-refractivity contribution in [3.05, 3.63) is 35.4 Å². The van der Waals surface area contributed by atoms with E-state index in [1.807, 2.05) is 0 Å². The summed E-state index contributed by atoms with van der Waals surface area (Å²) in [6.45, 7) is 4.23. The van der Waals surface area contributed by atoms with Gasteiger partial charge in [0.1, 0.15) is 0 Å². The van der Waals surface area contributed by atoms with Crippen LogP contribution in [0.1, 0.15) is 36.8 Å². The summed E-state index contributed by atoms with van der Waals surface area (Å²) in [6.07, 6.45) is 5.41. The van der Waals surface area contributed by atoms with E-state index in [2.05, 4.69) is 39.5 Å². The molecule has 1 aliphatic rings. The van der Waals surface area contributed by atoms with Crippen LogP contribution in [0.2, 0.25) is 0 Å². The summed E-state index contributed by atoms with van der Waals surface area (Å²) in [5, 5.41) is 3.15. The molecular weight excluding hydrogens is 375 g/mol. The van der Waals surface area contributed by atoms with Crippen molar-refractivity contribution < 1.29 is 0 Å². The van der Waals surface area contributed by atoms with Crippen molar-refractivity contribution in [2.75, 3.05) is 20.1 Å². The zero-order chi connectivity index (χ0) is 14.2. The van der Waals surface area contributed by atoms with Crippen molar-refractivity contribution in [1.29, 1.82) is 0 Å². The average Bonchev–Trinajstić information content (AvgIpc) is 2.74. The molecule has 1 aliphatic heterocycles. The summed E-state index contributed by atoms with van der Waals surface area (Å²) >= 11 is 0. The molecule has 0 amide bonds. The number of likely N-dealkylation sites (tertiary alicyclic amines) is 1. The predicted octanol–water partition coefficient (Wildman–Crippen LogP) is 2.71. The highest BCUT2D eigenvalue weighted by Gasteiger charge is 2.11. The lowest BCUT2D eigenvalue weighted by Gasteiger charge is -2.21. The Balaban J connectivity index is 0.00000220. The Kier molecular flexibility index (Phi) is 8.68. The van der Waals surface area contributed by atoms with E-state index in [-0.39, 0.29) is 24.0 Å². The van der Waals surface area contributed by atoms with Crippen LogP contribution < -0.4 is 11.1 Å². The summed E-state index contributed by atoms with van der Waals surface area (Å²) in [7, 11) is 1.70. The summed E-state index contributed by atoms with van der Waals surface area (Å²) in [6, 6.07) is 8.60. The lowest BCUT2D eigenvalue weighted by Crippen LogP contribution is -2.31. The Bertz CT molecular complexity index is 440. The number of hydrogen-bond acceptors (Lipinski definition) is 2. The zero-order valence-electron chi connectivity index (χ0n) is 12.8. The second-order valence-electron chi connectivity index (χ2n) is 5.42. The van der Waals surface area contributed by atoms with Crippen LogP contribution in [-0.2, 0) is 13.1 Å². The first-order valence-corrected chi connectivity index (χ1v) is 7.55. The van der Waals surface area contributed by atoms with Gasteiger partial charge in [-0.3, -0.25) is 9.89 Å². The van der Waals surface area contributed by atoms with Crippen LogP contribution in [0.15, 0.2) is 29.3 Å². The number of halogens is 1. The summed E-state index contributed by atoms with van der Waals surface area (Å²) < 4.78 is 0. The molecule has 5 heteroatoms. The Morgan fingerprint density at radius 1 is 1.14 bits per heavy atom. The lowest BCUT2D eigenvalue weighted by molar-refractivity contribution is 0.276. The van der Waals surface area contributed by atoms with Gasteiger partial charge in [0.25, 0.3) is 0 Å². The van der Waals surface area contributed by atoms with E-state index in [0.29, 0.717) is 5.96 Å². The van der Waals surface area contributed by atoms with Gasteiger partial charge in [0.2, 0.25) is 0 Å². The van der Waals surface area contributed by atoms with Gasteiger partial charge >= 0.3 is 0 Å². The fraction of sp³-hybridized carbons (Fsp3) is 0.562. The molecule has 0 spiro atoms. The quantitative estimate of drug-likeness (QED) is 0.463.